The summed E-state index contributed by atoms with van der Waals surface area (Å²) in [6.45, 7) is 1.83. The Kier molecular flexibility index (Phi) is 7.37. The van der Waals surface area contributed by atoms with Gasteiger partial charge in [0.1, 0.15) is 6.61 Å². The fourth-order valence-corrected chi connectivity index (χ4v) is 3.60. The number of rotatable bonds is 8. The molecule has 0 bridgehead atoms. The number of carbonyl (C=O) groups is 2. The van der Waals surface area contributed by atoms with Crippen LogP contribution in [0, 0.1) is 0 Å². The maximum absolute atomic E-state index is 12.3. The number of hydrazone groups is 1. The summed E-state index contributed by atoms with van der Waals surface area (Å²) in [5.41, 5.74) is 5.36. The first-order valence-electron chi connectivity index (χ1n) is 11.0. The summed E-state index contributed by atoms with van der Waals surface area (Å²) in [6.07, 6.45) is 1.53. The summed E-state index contributed by atoms with van der Waals surface area (Å²) >= 11 is 0. The molecule has 2 amide bonds. The number of nitrogens with zero attached hydrogens (tertiary/aromatic N) is 1. The number of fused-ring (bicyclic) bond motifs is 1. The number of nitrogens with one attached hydrogen (secondary N) is 2. The number of methoxy groups -OCH3 is 1. The predicted octanol–water partition coefficient (Wildman–Crippen LogP) is 5.15. The first-order valence-corrected chi connectivity index (χ1v) is 11.0. The molecule has 7 heteroatoms. The molecule has 0 aliphatic carbocycles. The summed E-state index contributed by atoms with van der Waals surface area (Å²) in [6, 6.07) is 26.3. The highest BCUT2D eigenvalue weighted by molar-refractivity contribution is 5.96. The van der Waals surface area contributed by atoms with Crippen LogP contribution in [-0.2, 0) is 11.4 Å². The SMILES string of the molecule is COc1cc(/C=N\NC(=O)c2ccc(NC(C)=O)cc2)ccc1OCc1cccc2ccccc12. The lowest BCUT2D eigenvalue weighted by Gasteiger charge is -2.12. The Morgan fingerprint density at radius 2 is 1.69 bits per heavy atom. The quantitative estimate of drug-likeness (QED) is 0.277. The Balaban J connectivity index is 1.38. The van der Waals surface area contributed by atoms with Crippen molar-refractivity contribution in [1.82, 2.24) is 5.43 Å². The largest absolute Gasteiger partial charge is 0.493 e. The minimum Gasteiger partial charge on any atom is -0.493 e. The minimum atomic E-state index is -0.363. The lowest BCUT2D eigenvalue weighted by Crippen LogP contribution is -2.17. The van der Waals surface area contributed by atoms with Crippen LogP contribution in [0.5, 0.6) is 11.5 Å². The first kappa shape index (κ1) is 23.5. The molecule has 0 saturated carbocycles. The minimum absolute atomic E-state index is 0.174. The monoisotopic (exact) mass is 467 g/mol. The molecule has 0 heterocycles. The maximum Gasteiger partial charge on any atom is 0.271 e. The van der Waals surface area contributed by atoms with E-state index in [0.29, 0.717) is 29.4 Å². The second-order valence-electron chi connectivity index (χ2n) is 7.79. The summed E-state index contributed by atoms with van der Waals surface area (Å²) in [4.78, 5) is 23.4. The number of carbonyl (C=O) groups excluding carboxylic acids is 2. The van der Waals surface area contributed by atoms with Gasteiger partial charge in [0.05, 0.1) is 13.3 Å². The Bertz CT molecular complexity index is 1380. The van der Waals surface area contributed by atoms with Crippen LogP contribution < -0.4 is 20.2 Å². The maximum atomic E-state index is 12.3. The molecule has 0 spiro atoms. The number of anilines is 1. The van der Waals surface area contributed by atoms with E-state index in [1.165, 1.54) is 13.1 Å². The van der Waals surface area contributed by atoms with E-state index in [0.717, 1.165) is 21.9 Å². The number of benzene rings is 4. The van der Waals surface area contributed by atoms with E-state index in [2.05, 4.69) is 34.0 Å². The van der Waals surface area contributed by atoms with Crippen molar-refractivity contribution in [3.05, 3.63) is 102 Å². The predicted molar refractivity (Wildman–Crippen MR) is 137 cm³/mol. The number of ether oxygens (including phenoxy) is 2. The van der Waals surface area contributed by atoms with Gasteiger partial charge in [0, 0.05) is 18.2 Å². The highest BCUT2D eigenvalue weighted by Gasteiger charge is 2.08. The van der Waals surface area contributed by atoms with E-state index >= 15 is 0 Å². The topological polar surface area (TPSA) is 89.0 Å². The number of hydrogen-bond acceptors (Lipinski definition) is 5. The van der Waals surface area contributed by atoms with Crippen molar-refractivity contribution >= 4 is 34.5 Å². The molecule has 0 aromatic heterocycles. The highest BCUT2D eigenvalue weighted by atomic mass is 16.5. The van der Waals surface area contributed by atoms with Crippen molar-refractivity contribution in [2.24, 2.45) is 5.10 Å². The van der Waals surface area contributed by atoms with Gasteiger partial charge in [-0.15, -0.1) is 0 Å². The van der Waals surface area contributed by atoms with Crippen LogP contribution >= 0.6 is 0 Å². The van der Waals surface area contributed by atoms with Gasteiger partial charge in [0.25, 0.3) is 5.91 Å². The summed E-state index contributed by atoms with van der Waals surface area (Å²) in [7, 11) is 1.58. The van der Waals surface area contributed by atoms with Crippen molar-refractivity contribution in [2.45, 2.75) is 13.5 Å². The first-order chi connectivity index (χ1) is 17.0. The Morgan fingerprint density at radius 3 is 2.46 bits per heavy atom. The molecule has 0 atom stereocenters. The zero-order valence-electron chi connectivity index (χ0n) is 19.4. The number of amides is 2. The molecular formula is C28H25N3O4. The molecule has 0 aliphatic heterocycles. The molecule has 2 N–H and O–H groups in total. The normalized spacial score (nSPS) is 10.8. The molecule has 0 unspecified atom stereocenters. The molecule has 4 aromatic rings. The van der Waals surface area contributed by atoms with Gasteiger partial charge in [-0.3, -0.25) is 9.59 Å². The van der Waals surface area contributed by atoms with Gasteiger partial charge in [-0.1, -0.05) is 42.5 Å². The van der Waals surface area contributed by atoms with Crippen LogP contribution in [0.3, 0.4) is 0 Å². The van der Waals surface area contributed by atoms with Crippen LogP contribution in [-0.4, -0.2) is 25.1 Å². The van der Waals surface area contributed by atoms with Gasteiger partial charge >= 0.3 is 0 Å². The van der Waals surface area contributed by atoms with E-state index in [9.17, 15) is 9.59 Å². The average Bonchev–Trinajstić information content (AvgIpc) is 2.87. The average molecular weight is 468 g/mol. The molecule has 0 radical (unpaired) electrons. The van der Waals surface area contributed by atoms with Gasteiger partial charge in [-0.05, 0) is 64.4 Å². The Hall–Kier alpha value is -4.65. The van der Waals surface area contributed by atoms with E-state index in [1.807, 2.05) is 36.4 Å². The third-order valence-corrected chi connectivity index (χ3v) is 5.30. The van der Waals surface area contributed by atoms with Crippen LogP contribution in [0.1, 0.15) is 28.4 Å². The lowest BCUT2D eigenvalue weighted by atomic mass is 10.1. The second-order valence-corrected chi connectivity index (χ2v) is 7.79. The summed E-state index contributed by atoms with van der Waals surface area (Å²) in [5.74, 6) is 0.639. The third kappa shape index (κ3) is 6.03. The fourth-order valence-electron chi connectivity index (χ4n) is 3.60. The van der Waals surface area contributed by atoms with Crippen molar-refractivity contribution < 1.29 is 19.1 Å². The molecule has 35 heavy (non-hydrogen) atoms. The molecule has 0 aliphatic rings. The van der Waals surface area contributed by atoms with Crippen LogP contribution in [0.15, 0.2) is 90.0 Å². The van der Waals surface area contributed by atoms with E-state index < -0.39 is 0 Å². The summed E-state index contributed by atoms with van der Waals surface area (Å²) < 4.78 is 11.5. The van der Waals surface area contributed by atoms with Crippen molar-refractivity contribution in [1.29, 1.82) is 0 Å². The molecule has 0 fully saturated rings. The van der Waals surface area contributed by atoms with E-state index in [4.69, 9.17) is 9.47 Å². The van der Waals surface area contributed by atoms with Crippen LogP contribution in [0.25, 0.3) is 10.8 Å². The molecular weight excluding hydrogens is 442 g/mol. The molecule has 0 saturated heterocycles. The van der Waals surface area contributed by atoms with Gasteiger partial charge in [0.15, 0.2) is 11.5 Å². The van der Waals surface area contributed by atoms with Gasteiger partial charge in [-0.25, -0.2) is 5.43 Å². The van der Waals surface area contributed by atoms with Crippen molar-refractivity contribution in [3.63, 3.8) is 0 Å². The van der Waals surface area contributed by atoms with E-state index in [1.54, 1.807) is 37.4 Å². The molecule has 4 rings (SSSR count). The van der Waals surface area contributed by atoms with Crippen molar-refractivity contribution in [3.8, 4) is 11.5 Å². The van der Waals surface area contributed by atoms with E-state index in [-0.39, 0.29) is 11.8 Å². The van der Waals surface area contributed by atoms with Crippen LogP contribution in [0.4, 0.5) is 5.69 Å². The van der Waals surface area contributed by atoms with Gasteiger partial charge < -0.3 is 14.8 Å². The zero-order chi connectivity index (χ0) is 24.6. The number of hydrogen-bond donors (Lipinski definition) is 2. The Morgan fingerprint density at radius 1 is 0.914 bits per heavy atom. The lowest BCUT2D eigenvalue weighted by molar-refractivity contribution is -0.114. The highest BCUT2D eigenvalue weighted by Crippen LogP contribution is 2.29. The second kappa shape index (κ2) is 11.0. The van der Waals surface area contributed by atoms with Gasteiger partial charge in [0.2, 0.25) is 5.91 Å². The van der Waals surface area contributed by atoms with Crippen molar-refractivity contribution in [2.75, 3.05) is 12.4 Å². The Labute approximate surface area is 203 Å². The zero-order valence-corrected chi connectivity index (χ0v) is 19.4. The molecule has 4 aromatic carbocycles. The third-order valence-electron chi connectivity index (χ3n) is 5.30. The molecule has 7 nitrogen and oxygen atoms in total. The standard InChI is InChI=1S/C28H25N3O4/c1-19(32)30-24-13-11-22(12-14-24)28(33)31-29-17-20-10-15-26(27(16-20)34-2)35-18-23-8-5-7-21-6-3-4-9-25(21)23/h3-17H,18H2,1-2H3,(H,30,32)(H,31,33)/b29-17-. The van der Waals surface area contributed by atoms with Crippen LogP contribution in [0.2, 0.25) is 0 Å². The fraction of sp³-hybridized carbons (Fsp3) is 0.107. The summed E-state index contributed by atoms with van der Waals surface area (Å²) in [5, 5.41) is 9.00. The smallest absolute Gasteiger partial charge is 0.271 e. The van der Waals surface area contributed by atoms with Gasteiger partial charge in [-0.2, -0.15) is 5.10 Å². The molecule has 176 valence electrons.